The van der Waals surface area contributed by atoms with Crippen molar-refractivity contribution in [3.05, 3.63) is 35.9 Å². The normalized spacial score (nSPS) is 22.0. The lowest BCUT2D eigenvalue weighted by molar-refractivity contribution is -0.148. The summed E-state index contributed by atoms with van der Waals surface area (Å²) < 4.78 is 5.71. The van der Waals surface area contributed by atoms with Gasteiger partial charge in [-0.25, -0.2) is 0 Å². The van der Waals surface area contributed by atoms with Gasteiger partial charge in [-0.3, -0.25) is 9.59 Å². The number of amides is 2. The Morgan fingerprint density at radius 2 is 2.08 bits per heavy atom. The molecule has 0 bridgehead atoms. The largest absolute Gasteiger partial charge is 0.376 e. The number of carbonyl (C=O) groups is 2. The van der Waals surface area contributed by atoms with E-state index in [0.717, 1.165) is 37.9 Å². The van der Waals surface area contributed by atoms with Gasteiger partial charge in [-0.15, -0.1) is 0 Å². The Hall–Kier alpha value is -1.88. The fourth-order valence-electron chi connectivity index (χ4n) is 3.77. The van der Waals surface area contributed by atoms with Crippen molar-refractivity contribution in [2.45, 2.75) is 51.2 Å². The van der Waals surface area contributed by atoms with Gasteiger partial charge in [0.1, 0.15) is 6.04 Å². The van der Waals surface area contributed by atoms with Crippen LogP contribution in [0.2, 0.25) is 0 Å². The summed E-state index contributed by atoms with van der Waals surface area (Å²) in [5, 5.41) is 0. The van der Waals surface area contributed by atoms with Crippen molar-refractivity contribution in [2.75, 3.05) is 26.2 Å². The van der Waals surface area contributed by atoms with Crippen LogP contribution in [0, 0.1) is 0 Å². The summed E-state index contributed by atoms with van der Waals surface area (Å²) in [4.78, 5) is 29.5. The average molecular weight is 344 g/mol. The molecule has 0 unspecified atom stereocenters. The maximum Gasteiger partial charge on any atom is 0.250 e. The van der Waals surface area contributed by atoms with E-state index in [-0.39, 0.29) is 17.9 Å². The smallest absolute Gasteiger partial charge is 0.250 e. The number of likely N-dealkylation sites (N-methyl/N-ethyl adjacent to an activating group) is 1. The summed E-state index contributed by atoms with van der Waals surface area (Å²) in [6, 6.07) is 9.18. The number of hydrogen-bond donors (Lipinski definition) is 0. The van der Waals surface area contributed by atoms with E-state index in [9.17, 15) is 9.59 Å². The first-order valence-electron chi connectivity index (χ1n) is 9.45. The number of benzene rings is 1. The van der Waals surface area contributed by atoms with Crippen LogP contribution in [0.15, 0.2) is 30.3 Å². The summed E-state index contributed by atoms with van der Waals surface area (Å²) in [5.74, 6) is 0.0982. The van der Waals surface area contributed by atoms with Gasteiger partial charge in [0.05, 0.1) is 6.10 Å². The summed E-state index contributed by atoms with van der Waals surface area (Å²) in [6.45, 7) is 4.67. The second-order valence-electron chi connectivity index (χ2n) is 6.87. The molecular weight excluding hydrogens is 316 g/mol. The fraction of sp³-hybridized carbons (Fsp3) is 0.600. The number of likely N-dealkylation sites (tertiary alicyclic amines) is 1. The van der Waals surface area contributed by atoms with Crippen LogP contribution in [0.3, 0.4) is 0 Å². The minimum Gasteiger partial charge on any atom is -0.376 e. The Bertz CT molecular complexity index is 584. The van der Waals surface area contributed by atoms with Gasteiger partial charge in [0, 0.05) is 32.7 Å². The molecule has 5 heteroatoms. The molecule has 2 aliphatic rings. The SMILES string of the molecule is CCN(C[C@H]1CCCO1)C(=O)[C@H](c1ccccc1)N1CCCCC1=O. The van der Waals surface area contributed by atoms with Gasteiger partial charge in [0.2, 0.25) is 11.8 Å². The predicted octanol–water partition coefficient (Wildman–Crippen LogP) is 2.77. The molecule has 2 saturated heterocycles. The highest BCUT2D eigenvalue weighted by molar-refractivity contribution is 5.89. The lowest BCUT2D eigenvalue weighted by Crippen LogP contribution is -2.48. The lowest BCUT2D eigenvalue weighted by atomic mass is 9.99. The van der Waals surface area contributed by atoms with Crippen LogP contribution < -0.4 is 0 Å². The number of carbonyl (C=O) groups excluding carboxylic acids is 2. The van der Waals surface area contributed by atoms with Crippen LogP contribution in [0.25, 0.3) is 0 Å². The van der Waals surface area contributed by atoms with E-state index in [1.807, 2.05) is 42.2 Å². The van der Waals surface area contributed by atoms with E-state index < -0.39 is 6.04 Å². The van der Waals surface area contributed by atoms with Gasteiger partial charge in [0.25, 0.3) is 0 Å². The van der Waals surface area contributed by atoms with E-state index in [0.29, 0.717) is 26.1 Å². The standard InChI is InChI=1S/C20H28N2O3/c1-2-21(15-17-11-8-14-25-17)20(24)19(16-9-4-3-5-10-16)22-13-7-6-12-18(22)23/h3-5,9-10,17,19H,2,6-8,11-15H2,1H3/t17-,19+/m1/s1. The molecule has 1 aromatic carbocycles. The summed E-state index contributed by atoms with van der Waals surface area (Å²) in [7, 11) is 0. The number of rotatable bonds is 6. The quantitative estimate of drug-likeness (QED) is 0.797. The molecule has 0 saturated carbocycles. The molecule has 25 heavy (non-hydrogen) atoms. The van der Waals surface area contributed by atoms with Gasteiger partial charge < -0.3 is 14.5 Å². The van der Waals surface area contributed by atoms with Crippen LogP contribution >= 0.6 is 0 Å². The minimum atomic E-state index is -0.518. The van der Waals surface area contributed by atoms with Gasteiger partial charge in [-0.2, -0.15) is 0 Å². The Morgan fingerprint density at radius 1 is 1.28 bits per heavy atom. The summed E-state index contributed by atoms with van der Waals surface area (Å²) in [5.41, 5.74) is 0.897. The Balaban J connectivity index is 1.84. The highest BCUT2D eigenvalue weighted by Crippen LogP contribution is 2.28. The average Bonchev–Trinajstić information content (AvgIpc) is 3.15. The van der Waals surface area contributed by atoms with Crippen molar-refractivity contribution in [2.24, 2.45) is 0 Å². The van der Waals surface area contributed by atoms with Crippen LogP contribution in [0.4, 0.5) is 0 Å². The molecule has 5 nitrogen and oxygen atoms in total. The fourth-order valence-corrected chi connectivity index (χ4v) is 3.77. The van der Waals surface area contributed by atoms with Gasteiger partial charge in [-0.1, -0.05) is 30.3 Å². The summed E-state index contributed by atoms with van der Waals surface area (Å²) >= 11 is 0. The number of piperidine rings is 1. The number of nitrogens with zero attached hydrogens (tertiary/aromatic N) is 2. The first-order chi connectivity index (χ1) is 12.2. The zero-order valence-electron chi connectivity index (χ0n) is 15.0. The van der Waals surface area contributed by atoms with Crippen molar-refractivity contribution in [1.82, 2.24) is 9.80 Å². The molecule has 0 aromatic heterocycles. The monoisotopic (exact) mass is 344 g/mol. The zero-order valence-corrected chi connectivity index (χ0v) is 15.0. The first-order valence-corrected chi connectivity index (χ1v) is 9.45. The molecule has 2 heterocycles. The van der Waals surface area contributed by atoms with Crippen LogP contribution in [-0.2, 0) is 14.3 Å². The maximum atomic E-state index is 13.4. The van der Waals surface area contributed by atoms with Gasteiger partial charge >= 0.3 is 0 Å². The van der Waals surface area contributed by atoms with Crippen molar-refractivity contribution in [3.63, 3.8) is 0 Å². The van der Waals surface area contributed by atoms with Crippen molar-refractivity contribution < 1.29 is 14.3 Å². The van der Waals surface area contributed by atoms with E-state index in [1.165, 1.54) is 0 Å². The van der Waals surface area contributed by atoms with Crippen molar-refractivity contribution in [1.29, 1.82) is 0 Å². The number of ether oxygens (including phenoxy) is 1. The highest BCUT2D eigenvalue weighted by atomic mass is 16.5. The first kappa shape index (κ1) is 17.9. The Morgan fingerprint density at radius 3 is 2.72 bits per heavy atom. The van der Waals surface area contributed by atoms with E-state index in [2.05, 4.69) is 0 Å². The molecular formula is C20H28N2O3. The van der Waals surface area contributed by atoms with Gasteiger partial charge in [0.15, 0.2) is 0 Å². The zero-order chi connectivity index (χ0) is 17.6. The van der Waals surface area contributed by atoms with E-state index in [4.69, 9.17) is 4.74 Å². The highest BCUT2D eigenvalue weighted by Gasteiger charge is 2.35. The maximum absolute atomic E-state index is 13.4. The third kappa shape index (κ3) is 4.21. The second-order valence-corrected chi connectivity index (χ2v) is 6.87. The lowest BCUT2D eigenvalue weighted by Gasteiger charge is -2.37. The third-order valence-corrected chi connectivity index (χ3v) is 5.16. The van der Waals surface area contributed by atoms with Crippen molar-refractivity contribution >= 4 is 11.8 Å². The topological polar surface area (TPSA) is 49.9 Å². The molecule has 0 N–H and O–H groups in total. The molecule has 0 spiro atoms. The van der Waals surface area contributed by atoms with E-state index >= 15 is 0 Å². The molecule has 2 atom stereocenters. The molecule has 1 aromatic rings. The molecule has 2 fully saturated rings. The molecule has 3 rings (SSSR count). The Labute approximate surface area is 149 Å². The van der Waals surface area contributed by atoms with Crippen molar-refractivity contribution in [3.8, 4) is 0 Å². The van der Waals surface area contributed by atoms with Crippen LogP contribution in [-0.4, -0.2) is 54.0 Å². The molecule has 2 amide bonds. The second kappa shape index (κ2) is 8.48. The number of hydrogen-bond acceptors (Lipinski definition) is 3. The Kier molecular flexibility index (Phi) is 6.08. The molecule has 0 radical (unpaired) electrons. The van der Waals surface area contributed by atoms with E-state index in [1.54, 1.807) is 4.90 Å². The molecule has 136 valence electrons. The summed E-state index contributed by atoms with van der Waals surface area (Å²) in [6.07, 6.45) is 4.59. The van der Waals surface area contributed by atoms with Crippen LogP contribution in [0.5, 0.6) is 0 Å². The van der Waals surface area contributed by atoms with Gasteiger partial charge in [-0.05, 0) is 38.2 Å². The van der Waals surface area contributed by atoms with Crippen LogP contribution in [0.1, 0.15) is 50.6 Å². The minimum absolute atomic E-state index is 0.0134. The predicted molar refractivity (Wildman–Crippen MR) is 96.0 cm³/mol. The molecule has 0 aliphatic carbocycles. The molecule has 2 aliphatic heterocycles. The third-order valence-electron chi connectivity index (χ3n) is 5.16.